The van der Waals surface area contributed by atoms with Crippen LogP contribution in [0, 0.1) is 18.6 Å². The summed E-state index contributed by atoms with van der Waals surface area (Å²) in [7, 11) is 0. The Kier molecular flexibility index (Phi) is 6.29. The molecule has 4 aromatic rings. The highest BCUT2D eigenvalue weighted by Crippen LogP contribution is 2.42. The maximum absolute atomic E-state index is 16.6. The Hall–Kier alpha value is -3.65. The summed E-state index contributed by atoms with van der Waals surface area (Å²) in [5.74, 6) is -1.14. The van der Waals surface area contributed by atoms with Crippen molar-refractivity contribution < 1.29 is 26.7 Å². The van der Waals surface area contributed by atoms with E-state index in [1.54, 1.807) is 4.90 Å². The van der Waals surface area contributed by atoms with E-state index in [4.69, 9.17) is 4.74 Å². The SMILES string of the molecule is Cc1c(F)cc2[nH]ncc2c1-c1ncc2c(N3CC4CCC(C(F)F)(C3)N4)nc(OCC34CCCN3CC(F)C4)nc2c1F. The number of alkyl halides is 3. The third kappa shape index (κ3) is 4.16. The lowest BCUT2D eigenvalue weighted by Crippen LogP contribution is -2.63. The number of halogens is 5. The van der Waals surface area contributed by atoms with Gasteiger partial charge in [-0.25, -0.2) is 22.0 Å². The van der Waals surface area contributed by atoms with Gasteiger partial charge in [-0.3, -0.25) is 15.0 Å². The smallest absolute Gasteiger partial charge is 0.319 e. The number of hydrogen-bond acceptors (Lipinski definition) is 8. The second-order valence-corrected chi connectivity index (χ2v) is 12.8. The maximum Gasteiger partial charge on any atom is 0.319 e. The van der Waals surface area contributed by atoms with Gasteiger partial charge in [0.25, 0.3) is 6.43 Å². The largest absolute Gasteiger partial charge is 0.461 e. The Labute approximate surface area is 249 Å². The van der Waals surface area contributed by atoms with Gasteiger partial charge in [0.05, 0.1) is 28.2 Å². The predicted molar refractivity (Wildman–Crippen MR) is 153 cm³/mol. The Balaban J connectivity index is 1.26. The average Bonchev–Trinajstić information content (AvgIpc) is 3.76. The van der Waals surface area contributed by atoms with E-state index in [2.05, 4.69) is 35.4 Å². The highest BCUT2D eigenvalue weighted by Gasteiger charge is 2.52. The van der Waals surface area contributed by atoms with E-state index in [-0.39, 0.29) is 58.7 Å². The number of hydrogen-bond donors (Lipinski definition) is 2. The number of pyridine rings is 1. The zero-order valence-corrected chi connectivity index (χ0v) is 24.0. The molecule has 14 heteroatoms. The number of ether oxygens (including phenoxy) is 1. The van der Waals surface area contributed by atoms with E-state index < -0.39 is 35.3 Å². The first-order chi connectivity index (χ1) is 21.2. The zero-order valence-electron chi connectivity index (χ0n) is 24.0. The van der Waals surface area contributed by atoms with Crippen molar-refractivity contribution in [1.82, 2.24) is 35.4 Å². The van der Waals surface area contributed by atoms with E-state index >= 15 is 4.39 Å². The standard InChI is InChI=1S/C30H31F5N8O/c1-15-20(32)7-21-18(10-37-41-21)22(15)25-23(33)24-19(9-36-25)26(42-12-17-3-5-30(13-42,40-17)27(34)35)39-28(38-24)44-14-29-4-2-6-43(29)11-16(31)8-29/h7,9-10,16-17,27,40H,2-6,8,11-14H2,1H3,(H,37,41). The van der Waals surface area contributed by atoms with Gasteiger partial charge in [0, 0.05) is 49.2 Å². The van der Waals surface area contributed by atoms with Crippen molar-refractivity contribution in [3.8, 4) is 17.3 Å². The van der Waals surface area contributed by atoms with Crippen LogP contribution in [-0.2, 0) is 0 Å². The van der Waals surface area contributed by atoms with Crippen molar-refractivity contribution in [2.75, 3.05) is 37.7 Å². The number of rotatable bonds is 6. The predicted octanol–water partition coefficient (Wildman–Crippen LogP) is 4.69. The number of aromatic nitrogens is 5. The molecule has 4 atom stereocenters. The number of nitrogens with zero attached hydrogens (tertiary/aromatic N) is 6. The summed E-state index contributed by atoms with van der Waals surface area (Å²) in [5, 5.41) is 10.5. The van der Waals surface area contributed by atoms with E-state index in [1.165, 1.54) is 25.4 Å². The molecule has 0 aliphatic carbocycles. The van der Waals surface area contributed by atoms with Gasteiger partial charge in [-0.15, -0.1) is 0 Å². The van der Waals surface area contributed by atoms with Crippen LogP contribution in [0.4, 0.5) is 27.8 Å². The molecule has 4 aliphatic heterocycles. The number of piperazine rings is 1. The topological polar surface area (TPSA) is 95.1 Å². The Morgan fingerprint density at radius 1 is 1.14 bits per heavy atom. The molecule has 1 aromatic carbocycles. The van der Waals surface area contributed by atoms with Gasteiger partial charge >= 0.3 is 6.01 Å². The minimum absolute atomic E-state index is 0.0457. The van der Waals surface area contributed by atoms with Gasteiger partial charge in [-0.05, 0) is 50.8 Å². The Morgan fingerprint density at radius 3 is 2.84 bits per heavy atom. The molecule has 0 radical (unpaired) electrons. The first-order valence-corrected chi connectivity index (χ1v) is 15.0. The van der Waals surface area contributed by atoms with Crippen molar-refractivity contribution >= 4 is 27.6 Å². The van der Waals surface area contributed by atoms with E-state index in [9.17, 15) is 17.6 Å². The van der Waals surface area contributed by atoms with Crippen LogP contribution in [0.1, 0.15) is 37.7 Å². The van der Waals surface area contributed by atoms with Crippen molar-refractivity contribution in [3.05, 3.63) is 35.7 Å². The second kappa shape index (κ2) is 9.93. The van der Waals surface area contributed by atoms with Gasteiger partial charge in [-0.1, -0.05) is 0 Å². The molecule has 0 saturated carbocycles. The van der Waals surface area contributed by atoms with Crippen LogP contribution in [0.15, 0.2) is 18.5 Å². The van der Waals surface area contributed by atoms with Gasteiger partial charge in [0.15, 0.2) is 5.82 Å². The van der Waals surface area contributed by atoms with E-state index in [0.717, 1.165) is 19.4 Å². The number of H-pyrrole nitrogens is 1. The number of fused-ring (bicyclic) bond motifs is 5. The molecule has 4 fully saturated rings. The summed E-state index contributed by atoms with van der Waals surface area (Å²) < 4.78 is 80.7. The van der Waals surface area contributed by atoms with Crippen molar-refractivity contribution in [2.45, 2.75) is 68.7 Å². The zero-order chi connectivity index (χ0) is 30.4. The molecule has 9 nitrogen and oxygen atoms in total. The Morgan fingerprint density at radius 2 is 2.00 bits per heavy atom. The molecule has 8 rings (SSSR count). The molecule has 44 heavy (non-hydrogen) atoms. The molecule has 4 aliphatic rings. The molecule has 2 bridgehead atoms. The van der Waals surface area contributed by atoms with Crippen LogP contribution in [-0.4, -0.2) is 92.6 Å². The maximum atomic E-state index is 16.6. The van der Waals surface area contributed by atoms with Crippen molar-refractivity contribution in [1.29, 1.82) is 0 Å². The van der Waals surface area contributed by atoms with Crippen molar-refractivity contribution in [2.24, 2.45) is 0 Å². The normalized spacial score (nSPS) is 28.6. The van der Waals surface area contributed by atoms with Gasteiger partial charge in [0.2, 0.25) is 0 Å². The summed E-state index contributed by atoms with van der Waals surface area (Å²) >= 11 is 0. The molecule has 4 saturated heterocycles. The quantitative estimate of drug-likeness (QED) is 0.303. The molecule has 4 unspecified atom stereocenters. The minimum atomic E-state index is -2.61. The lowest BCUT2D eigenvalue weighted by molar-refractivity contribution is 0.0367. The lowest BCUT2D eigenvalue weighted by Gasteiger charge is -2.41. The molecule has 0 amide bonds. The van der Waals surface area contributed by atoms with Crippen LogP contribution >= 0.6 is 0 Å². The summed E-state index contributed by atoms with van der Waals surface area (Å²) in [6.45, 7) is 3.09. The molecule has 0 spiro atoms. The molecule has 3 aromatic heterocycles. The first-order valence-electron chi connectivity index (χ1n) is 15.0. The third-order valence-corrected chi connectivity index (χ3v) is 10.1. The number of anilines is 1. The molecule has 7 heterocycles. The fourth-order valence-corrected chi connectivity index (χ4v) is 7.93. The summed E-state index contributed by atoms with van der Waals surface area (Å²) in [6.07, 6.45) is 2.18. The average molecular weight is 615 g/mol. The fraction of sp³-hybridized carbons (Fsp3) is 0.533. The summed E-state index contributed by atoms with van der Waals surface area (Å²) in [4.78, 5) is 17.3. The minimum Gasteiger partial charge on any atom is -0.461 e. The van der Waals surface area contributed by atoms with E-state index in [0.29, 0.717) is 43.3 Å². The van der Waals surface area contributed by atoms with Gasteiger partial charge in [-0.2, -0.15) is 15.1 Å². The second-order valence-electron chi connectivity index (χ2n) is 12.8. The van der Waals surface area contributed by atoms with Crippen LogP contribution in [0.5, 0.6) is 6.01 Å². The Bertz CT molecular complexity index is 1790. The lowest BCUT2D eigenvalue weighted by atomic mass is 9.95. The molecule has 232 valence electrons. The molecule has 2 N–H and O–H groups in total. The summed E-state index contributed by atoms with van der Waals surface area (Å²) in [5.41, 5.74) is -1.36. The summed E-state index contributed by atoms with van der Waals surface area (Å²) in [6, 6.07) is 0.966. The fourth-order valence-electron chi connectivity index (χ4n) is 7.93. The highest BCUT2D eigenvalue weighted by molar-refractivity contribution is 5.99. The number of aromatic amines is 1. The van der Waals surface area contributed by atoms with Crippen LogP contribution in [0.3, 0.4) is 0 Å². The van der Waals surface area contributed by atoms with E-state index in [1.807, 2.05) is 0 Å². The molecular weight excluding hydrogens is 583 g/mol. The van der Waals surface area contributed by atoms with Crippen LogP contribution in [0.2, 0.25) is 0 Å². The first kappa shape index (κ1) is 27.9. The highest BCUT2D eigenvalue weighted by atomic mass is 19.3. The van der Waals surface area contributed by atoms with Gasteiger partial charge < -0.3 is 15.0 Å². The third-order valence-electron chi connectivity index (χ3n) is 10.1. The number of nitrogens with one attached hydrogen (secondary N) is 2. The van der Waals surface area contributed by atoms with Crippen LogP contribution < -0.4 is 15.0 Å². The molecular formula is C30H31F5N8O. The number of benzene rings is 1. The van der Waals surface area contributed by atoms with Gasteiger partial charge in [0.1, 0.15) is 35.6 Å². The van der Waals surface area contributed by atoms with Crippen molar-refractivity contribution in [3.63, 3.8) is 0 Å². The van der Waals surface area contributed by atoms with Crippen LogP contribution in [0.25, 0.3) is 33.1 Å². The monoisotopic (exact) mass is 614 g/mol.